The lowest BCUT2D eigenvalue weighted by Gasteiger charge is -2.24. The number of amides is 2. The van der Waals surface area contributed by atoms with Gasteiger partial charge >= 0.3 is 0 Å². The summed E-state index contributed by atoms with van der Waals surface area (Å²) < 4.78 is 10.5. The molecule has 1 aromatic rings. The standard InChI is InChI=1S/C20H31N3O4.ClH/c1-13(2)18(21)6-7-22(3)20(25)14-8-19(24)23(12-14)15-9-16(26-4)11-17(10-15)27-5;/h9-11,13-14,18H,6-8,12,21H2,1-5H3;1H. The average Bonchev–Trinajstić information content (AvgIpc) is 3.06. The zero-order valence-electron chi connectivity index (χ0n) is 17.3. The number of carbonyl (C=O) groups is 2. The maximum absolute atomic E-state index is 12.8. The number of hydrogen-bond donors (Lipinski definition) is 1. The van der Waals surface area contributed by atoms with Crippen LogP contribution in [0.5, 0.6) is 11.5 Å². The van der Waals surface area contributed by atoms with Crippen LogP contribution in [0.1, 0.15) is 26.7 Å². The summed E-state index contributed by atoms with van der Waals surface area (Å²) in [6, 6.07) is 5.36. The first-order valence-electron chi connectivity index (χ1n) is 9.30. The highest BCUT2D eigenvalue weighted by molar-refractivity contribution is 6.00. The van der Waals surface area contributed by atoms with Crippen LogP contribution in [-0.2, 0) is 9.59 Å². The van der Waals surface area contributed by atoms with Crippen molar-refractivity contribution in [1.29, 1.82) is 0 Å². The first kappa shape index (κ1) is 24.0. The van der Waals surface area contributed by atoms with Crippen molar-refractivity contribution in [1.82, 2.24) is 4.90 Å². The molecule has 7 nitrogen and oxygen atoms in total. The lowest BCUT2D eigenvalue weighted by atomic mass is 10.0. The van der Waals surface area contributed by atoms with Gasteiger partial charge in [0, 0.05) is 50.8 Å². The Bertz CT molecular complexity index is 661. The summed E-state index contributed by atoms with van der Waals surface area (Å²) in [5, 5.41) is 0. The van der Waals surface area contributed by atoms with Crippen molar-refractivity contribution in [2.45, 2.75) is 32.7 Å². The van der Waals surface area contributed by atoms with E-state index >= 15 is 0 Å². The Kier molecular flexibility index (Phi) is 9.04. The van der Waals surface area contributed by atoms with Crippen LogP contribution in [0.2, 0.25) is 0 Å². The molecule has 1 heterocycles. The zero-order valence-corrected chi connectivity index (χ0v) is 18.1. The molecule has 1 fully saturated rings. The fourth-order valence-electron chi connectivity index (χ4n) is 3.17. The molecule has 0 spiro atoms. The van der Waals surface area contributed by atoms with Crippen LogP contribution in [0, 0.1) is 11.8 Å². The van der Waals surface area contributed by atoms with Gasteiger partial charge in [0.25, 0.3) is 0 Å². The third-order valence-electron chi connectivity index (χ3n) is 5.15. The van der Waals surface area contributed by atoms with Gasteiger partial charge in [-0.1, -0.05) is 13.8 Å². The number of ether oxygens (including phenoxy) is 2. The quantitative estimate of drug-likeness (QED) is 0.706. The van der Waals surface area contributed by atoms with E-state index in [1.807, 2.05) is 0 Å². The highest BCUT2D eigenvalue weighted by atomic mass is 35.5. The number of nitrogens with two attached hydrogens (primary N) is 1. The number of nitrogens with zero attached hydrogens (tertiary/aromatic N) is 2. The Balaban J connectivity index is 0.00000392. The molecule has 1 aromatic carbocycles. The van der Waals surface area contributed by atoms with E-state index in [2.05, 4.69) is 13.8 Å². The van der Waals surface area contributed by atoms with Crippen LogP contribution in [0.3, 0.4) is 0 Å². The molecule has 8 heteroatoms. The topological polar surface area (TPSA) is 85.1 Å². The minimum atomic E-state index is -0.352. The summed E-state index contributed by atoms with van der Waals surface area (Å²) in [7, 11) is 4.90. The van der Waals surface area contributed by atoms with Gasteiger partial charge in [0.15, 0.2) is 0 Å². The highest BCUT2D eigenvalue weighted by Gasteiger charge is 2.36. The van der Waals surface area contributed by atoms with Crippen molar-refractivity contribution in [3.63, 3.8) is 0 Å². The Morgan fingerprint density at radius 1 is 1.25 bits per heavy atom. The van der Waals surface area contributed by atoms with Crippen LogP contribution in [0.4, 0.5) is 5.69 Å². The Morgan fingerprint density at radius 2 is 1.82 bits per heavy atom. The van der Waals surface area contributed by atoms with E-state index in [4.69, 9.17) is 15.2 Å². The fourth-order valence-corrected chi connectivity index (χ4v) is 3.17. The van der Waals surface area contributed by atoms with Gasteiger partial charge in [-0.05, 0) is 12.3 Å². The molecule has 0 aliphatic carbocycles. The molecule has 158 valence electrons. The van der Waals surface area contributed by atoms with Crippen LogP contribution in [0.25, 0.3) is 0 Å². The Labute approximate surface area is 173 Å². The summed E-state index contributed by atoms with van der Waals surface area (Å²) in [4.78, 5) is 28.6. The van der Waals surface area contributed by atoms with Crippen molar-refractivity contribution in [3.05, 3.63) is 18.2 Å². The van der Waals surface area contributed by atoms with Gasteiger partial charge in [-0.25, -0.2) is 0 Å². The first-order chi connectivity index (χ1) is 12.8. The SMILES string of the molecule is COc1cc(OC)cc(N2CC(C(=O)N(C)CCC(N)C(C)C)CC2=O)c1.Cl. The molecule has 2 unspecified atom stereocenters. The van der Waals surface area contributed by atoms with Crippen molar-refractivity contribution in [2.75, 3.05) is 39.3 Å². The lowest BCUT2D eigenvalue weighted by molar-refractivity contribution is -0.134. The molecule has 1 aliphatic rings. The molecule has 0 bridgehead atoms. The molecule has 0 aromatic heterocycles. The third kappa shape index (κ3) is 5.75. The third-order valence-corrected chi connectivity index (χ3v) is 5.15. The molecule has 2 rings (SSSR count). The largest absolute Gasteiger partial charge is 0.497 e. The van der Waals surface area contributed by atoms with Crippen LogP contribution < -0.4 is 20.1 Å². The summed E-state index contributed by atoms with van der Waals surface area (Å²) in [6.45, 7) is 5.09. The van der Waals surface area contributed by atoms with E-state index in [0.29, 0.717) is 36.2 Å². The molecule has 2 atom stereocenters. The maximum Gasteiger partial charge on any atom is 0.227 e. The van der Waals surface area contributed by atoms with E-state index in [1.165, 1.54) is 0 Å². The monoisotopic (exact) mass is 413 g/mol. The van der Waals surface area contributed by atoms with Crippen molar-refractivity contribution < 1.29 is 19.1 Å². The molecule has 2 amide bonds. The minimum Gasteiger partial charge on any atom is -0.497 e. The lowest BCUT2D eigenvalue weighted by Crippen LogP contribution is -2.38. The molecular formula is C20H32ClN3O4. The van der Waals surface area contributed by atoms with Gasteiger partial charge in [-0.3, -0.25) is 9.59 Å². The zero-order chi connectivity index (χ0) is 20.1. The van der Waals surface area contributed by atoms with E-state index in [1.54, 1.807) is 49.3 Å². The van der Waals surface area contributed by atoms with Crippen LogP contribution >= 0.6 is 12.4 Å². The summed E-state index contributed by atoms with van der Waals surface area (Å²) in [5.41, 5.74) is 6.75. The second-order valence-corrected chi connectivity index (χ2v) is 7.43. The molecule has 1 saturated heterocycles. The summed E-state index contributed by atoms with van der Waals surface area (Å²) >= 11 is 0. The van der Waals surface area contributed by atoms with Gasteiger partial charge in [0.2, 0.25) is 11.8 Å². The van der Waals surface area contributed by atoms with E-state index in [-0.39, 0.29) is 42.6 Å². The second-order valence-electron chi connectivity index (χ2n) is 7.43. The van der Waals surface area contributed by atoms with Gasteiger partial charge < -0.3 is 25.0 Å². The van der Waals surface area contributed by atoms with Crippen molar-refractivity contribution in [3.8, 4) is 11.5 Å². The van der Waals surface area contributed by atoms with E-state index < -0.39 is 0 Å². The van der Waals surface area contributed by atoms with E-state index in [9.17, 15) is 9.59 Å². The number of halogens is 1. The molecular weight excluding hydrogens is 382 g/mol. The average molecular weight is 414 g/mol. The predicted molar refractivity (Wildman–Crippen MR) is 112 cm³/mol. The van der Waals surface area contributed by atoms with Gasteiger partial charge in [0.05, 0.1) is 25.8 Å². The second kappa shape index (κ2) is 10.5. The van der Waals surface area contributed by atoms with Crippen molar-refractivity contribution in [2.24, 2.45) is 17.6 Å². The van der Waals surface area contributed by atoms with Crippen molar-refractivity contribution >= 4 is 29.9 Å². The number of carbonyl (C=O) groups excluding carboxylic acids is 2. The van der Waals surface area contributed by atoms with Gasteiger partial charge in [0.1, 0.15) is 11.5 Å². The fraction of sp³-hybridized carbons (Fsp3) is 0.600. The molecule has 28 heavy (non-hydrogen) atoms. The Hall–Kier alpha value is -1.99. The predicted octanol–water partition coefficient (Wildman–Crippen LogP) is 2.31. The van der Waals surface area contributed by atoms with E-state index in [0.717, 1.165) is 6.42 Å². The molecule has 0 saturated carbocycles. The normalized spacial score (nSPS) is 17.3. The Morgan fingerprint density at radius 3 is 2.32 bits per heavy atom. The van der Waals surface area contributed by atoms with Gasteiger partial charge in [-0.2, -0.15) is 0 Å². The number of methoxy groups -OCH3 is 2. The number of hydrogen-bond acceptors (Lipinski definition) is 5. The van der Waals surface area contributed by atoms with Crippen LogP contribution in [-0.4, -0.2) is 57.1 Å². The number of anilines is 1. The number of rotatable bonds is 8. The number of benzene rings is 1. The van der Waals surface area contributed by atoms with Crippen LogP contribution in [0.15, 0.2) is 18.2 Å². The molecule has 2 N–H and O–H groups in total. The maximum atomic E-state index is 12.8. The highest BCUT2D eigenvalue weighted by Crippen LogP contribution is 2.32. The van der Waals surface area contributed by atoms with Gasteiger partial charge in [-0.15, -0.1) is 12.4 Å². The molecule has 0 radical (unpaired) electrons. The summed E-state index contributed by atoms with van der Waals surface area (Å²) in [6.07, 6.45) is 0.955. The molecule has 1 aliphatic heterocycles. The minimum absolute atomic E-state index is 0. The summed E-state index contributed by atoms with van der Waals surface area (Å²) in [5.74, 6) is 1.14. The smallest absolute Gasteiger partial charge is 0.227 e. The first-order valence-corrected chi connectivity index (χ1v) is 9.30.